The second-order valence-corrected chi connectivity index (χ2v) is 9.41. The van der Waals surface area contributed by atoms with Crippen LogP contribution in [-0.4, -0.2) is 26.9 Å². The van der Waals surface area contributed by atoms with Gasteiger partial charge in [0.25, 0.3) is 5.91 Å². The van der Waals surface area contributed by atoms with Crippen molar-refractivity contribution in [1.29, 1.82) is 0 Å². The minimum Gasteiger partial charge on any atom is -0.406 e. The predicted molar refractivity (Wildman–Crippen MR) is 116 cm³/mol. The number of anilines is 1. The molecule has 0 aliphatic carbocycles. The Morgan fingerprint density at radius 3 is 2.22 bits per heavy atom. The normalized spacial score (nSPS) is 11.8. The zero-order chi connectivity index (χ0) is 23.7. The quantitative estimate of drug-likeness (QED) is 0.448. The number of nitrogens with one attached hydrogen (secondary N) is 1. The summed E-state index contributed by atoms with van der Waals surface area (Å²) in [5, 5.41) is 2.65. The first-order chi connectivity index (χ1) is 14.8. The number of carbonyl (C=O) groups excluding carboxylic acids is 1. The molecule has 0 saturated heterocycles. The minimum absolute atomic E-state index is 0.00141. The van der Waals surface area contributed by atoms with Crippen LogP contribution in [-0.2, 0) is 9.84 Å². The summed E-state index contributed by atoms with van der Waals surface area (Å²) in [6, 6.07) is 13.5. The van der Waals surface area contributed by atoms with Crippen LogP contribution in [0.3, 0.4) is 0 Å². The fraction of sp³-hybridized carbons (Fsp3) is 0.0952. The number of rotatable bonds is 5. The average molecular weight is 504 g/mol. The number of halogens is 5. The maximum atomic E-state index is 12.7. The summed E-state index contributed by atoms with van der Waals surface area (Å²) in [7, 11) is -3.47. The van der Waals surface area contributed by atoms with Crippen molar-refractivity contribution < 1.29 is 31.1 Å². The maximum Gasteiger partial charge on any atom is 0.573 e. The second-order valence-electron chi connectivity index (χ2n) is 6.61. The van der Waals surface area contributed by atoms with Crippen LogP contribution in [0, 0.1) is 0 Å². The van der Waals surface area contributed by atoms with Crippen LogP contribution >= 0.6 is 23.2 Å². The van der Waals surface area contributed by atoms with E-state index in [0.717, 1.165) is 18.4 Å². The fourth-order valence-corrected chi connectivity index (χ4v) is 4.04. The zero-order valence-electron chi connectivity index (χ0n) is 16.2. The number of ether oxygens (including phenoxy) is 1. The maximum absolute atomic E-state index is 12.7. The van der Waals surface area contributed by atoms with Gasteiger partial charge in [0.2, 0.25) is 0 Å². The highest BCUT2D eigenvalue weighted by atomic mass is 35.5. The summed E-state index contributed by atoms with van der Waals surface area (Å²) in [5.74, 6) is -0.999. The molecule has 0 bridgehead atoms. The lowest BCUT2D eigenvalue weighted by atomic mass is 10.0. The van der Waals surface area contributed by atoms with Crippen LogP contribution in [0.4, 0.5) is 18.9 Å². The molecule has 1 amide bonds. The Morgan fingerprint density at radius 2 is 1.66 bits per heavy atom. The molecule has 3 rings (SSSR count). The number of amides is 1. The molecule has 32 heavy (non-hydrogen) atoms. The molecular weight excluding hydrogens is 490 g/mol. The van der Waals surface area contributed by atoms with Crippen LogP contribution in [0.5, 0.6) is 5.75 Å². The molecule has 11 heteroatoms. The van der Waals surface area contributed by atoms with Gasteiger partial charge in [-0.25, -0.2) is 8.42 Å². The Balaban J connectivity index is 1.86. The Kier molecular flexibility index (Phi) is 6.73. The van der Waals surface area contributed by atoms with Crippen molar-refractivity contribution >= 4 is 44.6 Å². The molecule has 1 N–H and O–H groups in total. The van der Waals surface area contributed by atoms with Gasteiger partial charge in [-0.1, -0.05) is 47.5 Å². The fourth-order valence-electron chi connectivity index (χ4n) is 2.78. The van der Waals surface area contributed by atoms with Crippen molar-refractivity contribution in [3.8, 4) is 16.9 Å². The Bertz CT molecular complexity index is 1280. The standard InChI is InChI=1S/C21H14Cl2F3NO4S/c1-32(29,30)14-9-10-18(17(22)11-14)27-20(28)16-4-2-3-15(19(16)23)12-5-7-13(8-6-12)31-21(24,25)26/h2-11H,1H3,(H,27,28). The van der Waals surface area contributed by atoms with Gasteiger partial charge in [-0.2, -0.15) is 0 Å². The number of hydrogen-bond acceptors (Lipinski definition) is 4. The molecular formula is C21H14Cl2F3NO4S. The zero-order valence-corrected chi connectivity index (χ0v) is 18.5. The molecule has 0 saturated carbocycles. The Morgan fingerprint density at radius 1 is 1.00 bits per heavy atom. The average Bonchev–Trinajstić information content (AvgIpc) is 2.68. The summed E-state index contributed by atoms with van der Waals surface area (Å²) in [6.07, 6.45) is -3.78. The van der Waals surface area contributed by atoms with E-state index in [2.05, 4.69) is 10.1 Å². The Hall–Kier alpha value is -2.75. The van der Waals surface area contributed by atoms with E-state index in [1.165, 1.54) is 36.4 Å². The SMILES string of the molecule is CS(=O)(=O)c1ccc(NC(=O)c2cccc(-c3ccc(OC(F)(F)F)cc3)c2Cl)c(Cl)c1. The van der Waals surface area contributed by atoms with E-state index < -0.39 is 27.9 Å². The van der Waals surface area contributed by atoms with Crippen LogP contribution in [0.2, 0.25) is 10.0 Å². The molecule has 3 aromatic rings. The van der Waals surface area contributed by atoms with Crippen molar-refractivity contribution in [2.24, 2.45) is 0 Å². The first-order valence-electron chi connectivity index (χ1n) is 8.81. The number of hydrogen-bond donors (Lipinski definition) is 1. The first kappa shape index (κ1) is 23.9. The van der Waals surface area contributed by atoms with E-state index in [9.17, 15) is 26.4 Å². The van der Waals surface area contributed by atoms with Gasteiger partial charge in [-0.05, 0) is 42.0 Å². The minimum atomic E-state index is -4.81. The molecule has 3 aromatic carbocycles. The molecule has 0 unspecified atom stereocenters. The highest BCUT2D eigenvalue weighted by Gasteiger charge is 2.31. The van der Waals surface area contributed by atoms with Gasteiger partial charge < -0.3 is 10.1 Å². The van der Waals surface area contributed by atoms with Gasteiger partial charge in [-0.3, -0.25) is 4.79 Å². The largest absolute Gasteiger partial charge is 0.573 e. The van der Waals surface area contributed by atoms with Crippen LogP contribution in [0.1, 0.15) is 10.4 Å². The lowest BCUT2D eigenvalue weighted by molar-refractivity contribution is -0.274. The van der Waals surface area contributed by atoms with E-state index in [1.807, 2.05) is 0 Å². The molecule has 0 fully saturated rings. The summed E-state index contributed by atoms with van der Waals surface area (Å²) in [4.78, 5) is 12.7. The predicted octanol–water partition coefficient (Wildman–Crippen LogP) is 6.21. The van der Waals surface area contributed by atoms with E-state index >= 15 is 0 Å². The molecule has 0 heterocycles. The van der Waals surface area contributed by atoms with E-state index in [0.29, 0.717) is 11.1 Å². The van der Waals surface area contributed by atoms with Gasteiger partial charge >= 0.3 is 6.36 Å². The van der Waals surface area contributed by atoms with Crippen molar-refractivity contribution in [2.45, 2.75) is 11.3 Å². The topological polar surface area (TPSA) is 72.5 Å². The summed E-state index contributed by atoms with van der Waals surface area (Å²) >= 11 is 12.5. The van der Waals surface area contributed by atoms with Gasteiger partial charge in [0.15, 0.2) is 9.84 Å². The summed E-state index contributed by atoms with van der Waals surface area (Å²) < 4.78 is 64.1. The van der Waals surface area contributed by atoms with Crippen molar-refractivity contribution in [2.75, 3.05) is 11.6 Å². The van der Waals surface area contributed by atoms with Crippen molar-refractivity contribution in [1.82, 2.24) is 0 Å². The molecule has 0 aliphatic heterocycles. The molecule has 168 valence electrons. The molecule has 0 atom stereocenters. The third-order valence-corrected chi connectivity index (χ3v) is 6.09. The highest BCUT2D eigenvalue weighted by molar-refractivity contribution is 7.90. The van der Waals surface area contributed by atoms with Crippen LogP contribution in [0.15, 0.2) is 65.6 Å². The first-order valence-corrected chi connectivity index (χ1v) is 11.5. The van der Waals surface area contributed by atoms with E-state index in [-0.39, 0.29) is 26.2 Å². The summed E-state index contributed by atoms with van der Waals surface area (Å²) in [6.45, 7) is 0. The highest BCUT2D eigenvalue weighted by Crippen LogP contribution is 2.34. The van der Waals surface area contributed by atoms with Crippen molar-refractivity contribution in [3.05, 3.63) is 76.3 Å². The van der Waals surface area contributed by atoms with Gasteiger partial charge in [0.05, 0.1) is 26.2 Å². The molecule has 0 radical (unpaired) electrons. The molecule has 0 aliphatic rings. The number of carbonyl (C=O) groups is 1. The Labute approximate surface area is 191 Å². The number of sulfone groups is 1. The van der Waals surface area contributed by atoms with E-state index in [4.69, 9.17) is 23.2 Å². The van der Waals surface area contributed by atoms with Gasteiger partial charge in [-0.15, -0.1) is 13.2 Å². The number of benzene rings is 3. The smallest absolute Gasteiger partial charge is 0.406 e. The van der Waals surface area contributed by atoms with E-state index in [1.54, 1.807) is 12.1 Å². The van der Waals surface area contributed by atoms with Crippen molar-refractivity contribution in [3.63, 3.8) is 0 Å². The second kappa shape index (κ2) is 9.01. The van der Waals surface area contributed by atoms with Gasteiger partial charge in [0.1, 0.15) is 5.75 Å². The lowest BCUT2D eigenvalue weighted by Crippen LogP contribution is -2.16. The third-order valence-electron chi connectivity index (χ3n) is 4.26. The monoisotopic (exact) mass is 503 g/mol. The molecule has 5 nitrogen and oxygen atoms in total. The van der Waals surface area contributed by atoms with Crippen LogP contribution in [0.25, 0.3) is 11.1 Å². The lowest BCUT2D eigenvalue weighted by Gasteiger charge is -2.13. The third kappa shape index (κ3) is 5.73. The number of alkyl halides is 3. The van der Waals surface area contributed by atoms with Crippen LogP contribution < -0.4 is 10.1 Å². The molecule has 0 spiro atoms. The van der Waals surface area contributed by atoms with Gasteiger partial charge in [0, 0.05) is 11.8 Å². The molecule has 0 aromatic heterocycles. The summed E-state index contributed by atoms with van der Waals surface area (Å²) in [5.41, 5.74) is 1.15.